The Morgan fingerprint density at radius 3 is 2.20 bits per heavy atom. The van der Waals surface area contributed by atoms with Crippen LogP contribution in [0.25, 0.3) is 0 Å². The Morgan fingerprint density at radius 2 is 1.76 bits per heavy atom. The van der Waals surface area contributed by atoms with E-state index in [4.69, 9.17) is 10.5 Å². The monoisotopic (exact) mass is 360 g/mol. The summed E-state index contributed by atoms with van der Waals surface area (Å²) in [6.07, 6.45) is -4.60. The summed E-state index contributed by atoms with van der Waals surface area (Å²) < 4.78 is 42.3. The highest BCUT2D eigenvalue weighted by Crippen LogP contribution is 2.29. The third kappa shape index (κ3) is 6.09. The number of amides is 2. The number of nitrogens with two attached hydrogens (primary N) is 1. The van der Waals surface area contributed by atoms with Crippen LogP contribution in [0.1, 0.15) is 36.2 Å². The maximum Gasteiger partial charge on any atom is 0.416 e. The molecular weight excluding hydrogens is 341 g/mol. The summed E-state index contributed by atoms with van der Waals surface area (Å²) >= 11 is 0. The van der Waals surface area contributed by atoms with Crippen LogP contribution in [0.3, 0.4) is 0 Å². The third-order valence-electron chi connectivity index (χ3n) is 3.40. The van der Waals surface area contributed by atoms with Crippen molar-refractivity contribution in [2.45, 2.75) is 32.5 Å². The maximum absolute atomic E-state index is 12.5. The number of esters is 1. The van der Waals surface area contributed by atoms with Crippen LogP contribution in [-0.4, -0.2) is 30.4 Å². The Bertz CT molecular complexity index is 629. The van der Waals surface area contributed by atoms with Crippen LogP contribution in [-0.2, 0) is 20.5 Å². The smallest absolute Gasteiger partial charge is 0.416 e. The van der Waals surface area contributed by atoms with Crippen molar-refractivity contribution in [3.05, 3.63) is 35.4 Å². The Morgan fingerprint density at radius 1 is 1.20 bits per heavy atom. The molecule has 138 valence electrons. The first-order chi connectivity index (χ1) is 11.6. The number of nitrogens with one attached hydrogen (secondary N) is 1. The van der Waals surface area contributed by atoms with E-state index < -0.39 is 41.5 Å². The number of ether oxygens (including phenoxy) is 1. The van der Waals surface area contributed by atoms with Gasteiger partial charge in [0.25, 0.3) is 5.91 Å². The highest BCUT2D eigenvalue weighted by molar-refractivity contribution is 5.97. The molecule has 0 aromatic heterocycles. The number of primary amides is 1. The Hall–Kier alpha value is -2.58. The van der Waals surface area contributed by atoms with Crippen molar-refractivity contribution in [2.75, 3.05) is 6.61 Å². The van der Waals surface area contributed by atoms with Gasteiger partial charge in [0.05, 0.1) is 18.1 Å². The quantitative estimate of drug-likeness (QED) is 0.725. The third-order valence-corrected chi connectivity index (χ3v) is 3.40. The summed E-state index contributed by atoms with van der Waals surface area (Å²) in [6, 6.07) is 2.34. The minimum Gasteiger partial charge on any atom is -0.466 e. The van der Waals surface area contributed by atoms with Gasteiger partial charge in [-0.1, -0.05) is 6.92 Å². The van der Waals surface area contributed by atoms with E-state index in [1.165, 1.54) is 6.92 Å². The molecule has 0 heterocycles. The molecule has 0 unspecified atom stereocenters. The molecule has 0 aliphatic carbocycles. The molecule has 2 amide bonds. The van der Waals surface area contributed by atoms with E-state index in [1.807, 2.05) is 0 Å². The molecule has 2 atom stereocenters. The lowest BCUT2D eigenvalue weighted by Gasteiger charge is -2.19. The van der Waals surface area contributed by atoms with Crippen molar-refractivity contribution in [1.82, 2.24) is 5.32 Å². The second kappa shape index (κ2) is 8.50. The highest BCUT2D eigenvalue weighted by Gasteiger charge is 2.30. The minimum absolute atomic E-state index is 0.0666. The average Bonchev–Trinajstić information content (AvgIpc) is 2.53. The van der Waals surface area contributed by atoms with Gasteiger partial charge in [0, 0.05) is 5.56 Å². The van der Waals surface area contributed by atoms with Crippen molar-refractivity contribution in [3.63, 3.8) is 0 Å². The van der Waals surface area contributed by atoms with E-state index in [0.717, 1.165) is 24.3 Å². The topological polar surface area (TPSA) is 98.5 Å². The normalized spacial score (nSPS) is 13.6. The largest absolute Gasteiger partial charge is 0.466 e. The van der Waals surface area contributed by atoms with Gasteiger partial charge < -0.3 is 15.8 Å². The highest BCUT2D eigenvalue weighted by atomic mass is 19.4. The lowest BCUT2D eigenvalue weighted by molar-refractivity contribution is -0.148. The second-order valence-electron chi connectivity index (χ2n) is 5.39. The zero-order valence-corrected chi connectivity index (χ0v) is 13.7. The summed E-state index contributed by atoms with van der Waals surface area (Å²) in [5.74, 6) is -2.87. The number of alkyl halides is 3. The fourth-order valence-corrected chi connectivity index (χ4v) is 2.03. The van der Waals surface area contributed by atoms with Crippen LogP contribution >= 0.6 is 0 Å². The van der Waals surface area contributed by atoms with Gasteiger partial charge in [-0.25, -0.2) is 0 Å². The summed E-state index contributed by atoms with van der Waals surface area (Å²) in [5, 5.41) is 2.32. The number of benzene rings is 1. The van der Waals surface area contributed by atoms with Gasteiger partial charge in [-0.05, 0) is 37.6 Å². The van der Waals surface area contributed by atoms with Gasteiger partial charge in [0.1, 0.15) is 6.04 Å². The van der Waals surface area contributed by atoms with Gasteiger partial charge in [-0.2, -0.15) is 13.2 Å². The van der Waals surface area contributed by atoms with E-state index in [2.05, 4.69) is 5.32 Å². The predicted molar refractivity (Wildman–Crippen MR) is 82.3 cm³/mol. The van der Waals surface area contributed by atoms with Gasteiger partial charge in [0.2, 0.25) is 5.91 Å². The van der Waals surface area contributed by atoms with E-state index in [-0.39, 0.29) is 18.6 Å². The first kappa shape index (κ1) is 20.5. The molecule has 0 spiro atoms. The standard InChI is InChI=1S/C16H19F3N2O4/c1-3-25-15(24)9(2)8-12(13(20)22)21-14(23)10-4-6-11(7-5-10)16(17,18)19/h4-7,9,12H,3,8H2,1-2H3,(H2,20,22)(H,21,23)/t9-,12-/m1/s1. The fourth-order valence-electron chi connectivity index (χ4n) is 2.03. The molecule has 1 aromatic carbocycles. The maximum atomic E-state index is 12.5. The number of hydrogen-bond donors (Lipinski definition) is 2. The minimum atomic E-state index is -4.51. The molecule has 1 rings (SSSR count). The molecule has 0 radical (unpaired) electrons. The predicted octanol–water partition coefficient (Wildman–Crippen LogP) is 1.88. The average molecular weight is 360 g/mol. The second-order valence-corrected chi connectivity index (χ2v) is 5.39. The molecule has 25 heavy (non-hydrogen) atoms. The van der Waals surface area contributed by atoms with E-state index >= 15 is 0 Å². The number of carbonyl (C=O) groups is 3. The van der Waals surface area contributed by atoms with Crippen molar-refractivity contribution in [3.8, 4) is 0 Å². The molecule has 0 aliphatic heterocycles. The van der Waals surface area contributed by atoms with Crippen molar-refractivity contribution in [1.29, 1.82) is 0 Å². The van der Waals surface area contributed by atoms with Gasteiger partial charge in [0.15, 0.2) is 0 Å². The van der Waals surface area contributed by atoms with Crippen molar-refractivity contribution >= 4 is 17.8 Å². The number of hydrogen-bond acceptors (Lipinski definition) is 4. The molecule has 0 saturated carbocycles. The zero-order chi connectivity index (χ0) is 19.2. The van der Waals surface area contributed by atoms with Crippen molar-refractivity contribution < 1.29 is 32.3 Å². The van der Waals surface area contributed by atoms with Crippen LogP contribution in [0.5, 0.6) is 0 Å². The summed E-state index contributed by atoms with van der Waals surface area (Å²) in [6.45, 7) is 3.31. The Labute approximate surface area is 142 Å². The molecule has 3 N–H and O–H groups in total. The van der Waals surface area contributed by atoms with Crippen LogP contribution in [0.15, 0.2) is 24.3 Å². The molecule has 0 fully saturated rings. The molecule has 6 nitrogen and oxygen atoms in total. The summed E-state index contributed by atoms with van der Waals surface area (Å²) in [7, 11) is 0. The van der Waals surface area contributed by atoms with Crippen LogP contribution in [0.4, 0.5) is 13.2 Å². The fraction of sp³-hybridized carbons (Fsp3) is 0.438. The summed E-state index contributed by atoms with van der Waals surface area (Å²) in [4.78, 5) is 35.2. The summed E-state index contributed by atoms with van der Waals surface area (Å²) in [5.41, 5.74) is 4.25. The first-order valence-electron chi connectivity index (χ1n) is 7.50. The van der Waals surface area contributed by atoms with Gasteiger partial charge in [-0.15, -0.1) is 0 Å². The van der Waals surface area contributed by atoms with Crippen LogP contribution in [0.2, 0.25) is 0 Å². The van der Waals surface area contributed by atoms with E-state index in [1.54, 1.807) is 6.92 Å². The number of carbonyl (C=O) groups excluding carboxylic acids is 3. The molecule has 0 aliphatic rings. The zero-order valence-electron chi connectivity index (χ0n) is 13.7. The molecule has 9 heteroatoms. The molecular formula is C16H19F3N2O4. The lowest BCUT2D eigenvalue weighted by atomic mass is 10.0. The van der Waals surface area contributed by atoms with Gasteiger partial charge >= 0.3 is 12.1 Å². The molecule has 1 aromatic rings. The SMILES string of the molecule is CCOC(=O)[C@H](C)C[C@@H](NC(=O)c1ccc(C(F)(F)F)cc1)C(N)=O. The lowest BCUT2D eigenvalue weighted by Crippen LogP contribution is -2.46. The molecule has 0 bridgehead atoms. The van der Waals surface area contributed by atoms with Crippen LogP contribution < -0.4 is 11.1 Å². The van der Waals surface area contributed by atoms with Gasteiger partial charge in [-0.3, -0.25) is 14.4 Å². The number of rotatable bonds is 7. The Balaban J connectivity index is 2.79. The van der Waals surface area contributed by atoms with Crippen LogP contribution in [0, 0.1) is 5.92 Å². The first-order valence-corrected chi connectivity index (χ1v) is 7.50. The van der Waals surface area contributed by atoms with E-state index in [0.29, 0.717) is 0 Å². The number of halogens is 3. The molecule has 0 saturated heterocycles. The van der Waals surface area contributed by atoms with E-state index in [9.17, 15) is 27.6 Å². The Kier molecular flexibility index (Phi) is 6.96. The van der Waals surface area contributed by atoms with Crippen molar-refractivity contribution in [2.24, 2.45) is 11.7 Å².